The lowest BCUT2D eigenvalue weighted by atomic mass is 10.0. The first kappa shape index (κ1) is 11.5. The van der Waals surface area contributed by atoms with Crippen molar-refractivity contribution < 1.29 is 5.11 Å². The van der Waals surface area contributed by atoms with Gasteiger partial charge in [0.15, 0.2) is 0 Å². The maximum absolute atomic E-state index is 9.32. The number of aliphatic hydroxyl groups excluding tert-OH is 1. The van der Waals surface area contributed by atoms with Crippen molar-refractivity contribution in [3.05, 3.63) is 29.8 Å². The maximum atomic E-state index is 9.32. The summed E-state index contributed by atoms with van der Waals surface area (Å²) in [5.41, 5.74) is 2.28. The van der Waals surface area contributed by atoms with Gasteiger partial charge in [0.2, 0.25) is 0 Å². The molecular weight excluding hydrogens is 198 g/mol. The van der Waals surface area contributed by atoms with Crippen LogP contribution < -0.4 is 4.90 Å². The van der Waals surface area contributed by atoms with Gasteiger partial charge >= 0.3 is 0 Å². The largest absolute Gasteiger partial charge is 0.392 e. The van der Waals surface area contributed by atoms with Crippen LogP contribution in [0.1, 0.15) is 31.7 Å². The molecule has 1 aromatic carbocycles. The Hall–Kier alpha value is -1.02. The zero-order chi connectivity index (χ0) is 11.4. The Morgan fingerprint density at radius 1 is 1.38 bits per heavy atom. The van der Waals surface area contributed by atoms with Crippen LogP contribution in [0.15, 0.2) is 24.3 Å². The van der Waals surface area contributed by atoms with E-state index >= 15 is 0 Å². The highest BCUT2D eigenvalue weighted by Crippen LogP contribution is 2.28. The minimum atomic E-state index is 0.144. The Labute approximate surface area is 97.9 Å². The van der Waals surface area contributed by atoms with Crippen LogP contribution in [0, 0.1) is 5.92 Å². The summed E-state index contributed by atoms with van der Waals surface area (Å²) >= 11 is 0. The van der Waals surface area contributed by atoms with Gasteiger partial charge in [-0.15, -0.1) is 0 Å². The Bertz CT molecular complexity index is 337. The molecule has 1 aromatic rings. The van der Waals surface area contributed by atoms with Gasteiger partial charge < -0.3 is 10.0 Å². The molecule has 1 heterocycles. The Morgan fingerprint density at radius 3 is 2.94 bits per heavy atom. The molecule has 0 bridgehead atoms. The zero-order valence-electron chi connectivity index (χ0n) is 10.0. The second kappa shape index (κ2) is 5.35. The van der Waals surface area contributed by atoms with Crippen molar-refractivity contribution in [2.24, 2.45) is 5.92 Å². The summed E-state index contributed by atoms with van der Waals surface area (Å²) in [4.78, 5) is 2.42. The topological polar surface area (TPSA) is 23.5 Å². The average Bonchev–Trinajstić information content (AvgIpc) is 2.78. The Kier molecular flexibility index (Phi) is 3.83. The molecule has 1 aliphatic heterocycles. The predicted octanol–water partition coefficient (Wildman–Crippen LogP) is 2.81. The minimum Gasteiger partial charge on any atom is -0.392 e. The molecule has 1 saturated heterocycles. The SMILES string of the molecule is CCCC1CCN(c2ccccc2CO)C1. The lowest BCUT2D eigenvalue weighted by Crippen LogP contribution is -2.21. The van der Waals surface area contributed by atoms with Gasteiger partial charge in [0.05, 0.1) is 6.61 Å². The quantitative estimate of drug-likeness (QED) is 0.841. The van der Waals surface area contributed by atoms with Crippen LogP contribution in [0.2, 0.25) is 0 Å². The molecule has 1 aliphatic rings. The van der Waals surface area contributed by atoms with Crippen LogP contribution in [0.3, 0.4) is 0 Å². The number of hydrogen-bond donors (Lipinski definition) is 1. The van der Waals surface area contributed by atoms with E-state index < -0.39 is 0 Å². The van der Waals surface area contributed by atoms with E-state index in [0.717, 1.165) is 24.6 Å². The van der Waals surface area contributed by atoms with Crippen LogP contribution in [-0.2, 0) is 6.61 Å². The highest BCUT2D eigenvalue weighted by molar-refractivity contribution is 5.54. The third kappa shape index (κ3) is 2.38. The molecular formula is C14H21NO. The number of rotatable bonds is 4. The van der Waals surface area contributed by atoms with Crippen molar-refractivity contribution in [1.29, 1.82) is 0 Å². The standard InChI is InChI=1S/C14H21NO/c1-2-5-12-8-9-15(10-12)14-7-4-3-6-13(14)11-16/h3-4,6-7,12,16H,2,5,8-11H2,1H3. The van der Waals surface area contributed by atoms with Gasteiger partial charge in [0.1, 0.15) is 0 Å². The van der Waals surface area contributed by atoms with E-state index in [4.69, 9.17) is 0 Å². The van der Waals surface area contributed by atoms with Gasteiger partial charge in [0.25, 0.3) is 0 Å². The summed E-state index contributed by atoms with van der Waals surface area (Å²) in [7, 11) is 0. The van der Waals surface area contributed by atoms with E-state index in [1.54, 1.807) is 0 Å². The molecule has 88 valence electrons. The fourth-order valence-corrected chi connectivity index (χ4v) is 2.65. The van der Waals surface area contributed by atoms with Crippen LogP contribution in [0.4, 0.5) is 5.69 Å². The molecule has 16 heavy (non-hydrogen) atoms. The average molecular weight is 219 g/mol. The molecule has 0 aromatic heterocycles. The monoisotopic (exact) mass is 219 g/mol. The molecule has 0 amide bonds. The summed E-state index contributed by atoms with van der Waals surface area (Å²) < 4.78 is 0. The van der Waals surface area contributed by atoms with Crippen molar-refractivity contribution in [2.75, 3.05) is 18.0 Å². The van der Waals surface area contributed by atoms with Crippen molar-refractivity contribution in [1.82, 2.24) is 0 Å². The van der Waals surface area contributed by atoms with Gasteiger partial charge in [-0.2, -0.15) is 0 Å². The highest BCUT2D eigenvalue weighted by atomic mass is 16.3. The van der Waals surface area contributed by atoms with E-state index in [0.29, 0.717) is 0 Å². The van der Waals surface area contributed by atoms with Crippen LogP contribution in [0.5, 0.6) is 0 Å². The van der Waals surface area contributed by atoms with Gasteiger partial charge in [-0.25, -0.2) is 0 Å². The molecule has 1 atom stereocenters. The summed E-state index contributed by atoms with van der Waals surface area (Å²) in [5.74, 6) is 0.844. The number of hydrogen-bond acceptors (Lipinski definition) is 2. The third-order valence-corrected chi connectivity index (χ3v) is 3.49. The van der Waals surface area contributed by atoms with E-state index in [9.17, 15) is 5.11 Å². The van der Waals surface area contributed by atoms with Crippen LogP contribution in [0.25, 0.3) is 0 Å². The van der Waals surface area contributed by atoms with Crippen molar-refractivity contribution in [3.63, 3.8) is 0 Å². The highest BCUT2D eigenvalue weighted by Gasteiger charge is 2.22. The van der Waals surface area contributed by atoms with E-state index in [2.05, 4.69) is 24.0 Å². The summed E-state index contributed by atoms with van der Waals surface area (Å²) in [6, 6.07) is 8.19. The van der Waals surface area contributed by atoms with Gasteiger partial charge in [-0.1, -0.05) is 31.5 Å². The van der Waals surface area contributed by atoms with Crippen LogP contribution >= 0.6 is 0 Å². The van der Waals surface area contributed by atoms with E-state index in [1.807, 2.05) is 12.1 Å². The zero-order valence-corrected chi connectivity index (χ0v) is 10.0. The molecule has 0 spiro atoms. The Balaban J connectivity index is 2.08. The number of benzene rings is 1. The van der Waals surface area contributed by atoms with Gasteiger partial charge in [-0.05, 0) is 24.8 Å². The van der Waals surface area contributed by atoms with Gasteiger partial charge in [-0.3, -0.25) is 0 Å². The minimum absolute atomic E-state index is 0.144. The van der Waals surface area contributed by atoms with Crippen molar-refractivity contribution in [3.8, 4) is 0 Å². The molecule has 0 radical (unpaired) electrons. The molecule has 1 unspecified atom stereocenters. The molecule has 2 nitrogen and oxygen atoms in total. The second-order valence-electron chi connectivity index (χ2n) is 4.68. The first-order chi connectivity index (χ1) is 7.85. The fourth-order valence-electron chi connectivity index (χ4n) is 2.65. The molecule has 2 rings (SSSR count). The fraction of sp³-hybridized carbons (Fsp3) is 0.571. The first-order valence-corrected chi connectivity index (χ1v) is 6.29. The number of aliphatic hydroxyl groups is 1. The predicted molar refractivity (Wildman–Crippen MR) is 67.6 cm³/mol. The van der Waals surface area contributed by atoms with Crippen LogP contribution in [-0.4, -0.2) is 18.2 Å². The molecule has 0 aliphatic carbocycles. The number of anilines is 1. The second-order valence-corrected chi connectivity index (χ2v) is 4.68. The molecule has 2 heteroatoms. The van der Waals surface area contributed by atoms with Gasteiger partial charge in [0, 0.05) is 24.3 Å². The Morgan fingerprint density at radius 2 is 2.19 bits per heavy atom. The molecule has 0 saturated carbocycles. The lowest BCUT2D eigenvalue weighted by Gasteiger charge is -2.21. The lowest BCUT2D eigenvalue weighted by molar-refractivity contribution is 0.282. The molecule has 1 fully saturated rings. The van der Waals surface area contributed by atoms with Crippen molar-refractivity contribution >= 4 is 5.69 Å². The first-order valence-electron chi connectivity index (χ1n) is 6.29. The summed E-state index contributed by atoms with van der Waals surface area (Å²) in [6.45, 7) is 4.70. The van der Waals surface area contributed by atoms with E-state index in [-0.39, 0.29) is 6.61 Å². The smallest absolute Gasteiger partial charge is 0.0702 e. The third-order valence-electron chi connectivity index (χ3n) is 3.49. The summed E-state index contributed by atoms with van der Waals surface area (Å²) in [6.07, 6.45) is 3.91. The maximum Gasteiger partial charge on any atom is 0.0702 e. The van der Waals surface area contributed by atoms with Crippen molar-refractivity contribution in [2.45, 2.75) is 32.8 Å². The number of nitrogens with zero attached hydrogens (tertiary/aromatic N) is 1. The summed E-state index contributed by atoms with van der Waals surface area (Å²) in [5, 5.41) is 9.32. The molecule has 1 N–H and O–H groups in total. The number of para-hydroxylation sites is 1. The normalized spacial score (nSPS) is 20.4. The van der Waals surface area contributed by atoms with E-state index in [1.165, 1.54) is 24.9 Å².